The molecule has 3 aromatic carbocycles. The molecule has 0 saturated carbocycles. The molecule has 1 aliphatic rings. The number of aromatic nitrogens is 1. The highest BCUT2D eigenvalue weighted by atomic mass is 32.2. The maximum Gasteiger partial charge on any atom is 0.233 e. The van der Waals surface area contributed by atoms with E-state index in [2.05, 4.69) is 60.2 Å². The number of sulfone groups is 1. The van der Waals surface area contributed by atoms with E-state index in [9.17, 15) is 12.8 Å². The maximum absolute atomic E-state index is 13.7. The van der Waals surface area contributed by atoms with E-state index in [1.807, 2.05) is 31.2 Å². The minimum absolute atomic E-state index is 0.0126. The lowest BCUT2D eigenvalue weighted by atomic mass is 9.86. The minimum atomic E-state index is -4.09. The maximum atomic E-state index is 13.7. The van der Waals surface area contributed by atoms with Crippen molar-refractivity contribution in [2.45, 2.75) is 68.3 Å². The van der Waals surface area contributed by atoms with Crippen LogP contribution in [0, 0.1) is 12.7 Å². The Bertz CT molecular complexity index is 1570. The summed E-state index contributed by atoms with van der Waals surface area (Å²) in [5, 5.41) is 3.11. The summed E-state index contributed by atoms with van der Waals surface area (Å²) in [4.78, 5) is 6.87. The number of rotatable bonds is 8. The SMILES string of the molecule is Cc1ccc(-c2nc(S(=O)(=O)c3ccc(F)cc3)c(NCC(c3ccc(C(C)(C)C)cc3)N3CCCCC3)o2)cc1. The van der Waals surface area contributed by atoms with Gasteiger partial charge >= 0.3 is 0 Å². The first-order chi connectivity index (χ1) is 19.5. The van der Waals surface area contributed by atoms with E-state index in [-0.39, 0.29) is 33.2 Å². The van der Waals surface area contributed by atoms with Crippen molar-refractivity contribution in [3.63, 3.8) is 0 Å². The standard InChI is InChI=1S/C33H38FN3O3S/c1-23-8-10-25(11-9-23)30-36-32(41(38,39)28-18-16-27(34)17-19-28)31(40-30)35-22-29(37-20-6-5-7-21-37)24-12-14-26(15-13-24)33(2,3)4/h8-19,29,35H,5-7,20-22H2,1-4H3. The third kappa shape index (κ3) is 6.54. The van der Waals surface area contributed by atoms with Crippen LogP contribution in [0.4, 0.5) is 10.3 Å². The number of piperidine rings is 1. The summed E-state index contributed by atoms with van der Waals surface area (Å²) in [7, 11) is -4.09. The molecule has 6 nitrogen and oxygen atoms in total. The number of hydrogen-bond donors (Lipinski definition) is 1. The molecule has 0 aliphatic carbocycles. The molecular weight excluding hydrogens is 537 g/mol. The van der Waals surface area contributed by atoms with Crippen LogP contribution in [-0.4, -0.2) is 37.9 Å². The van der Waals surface area contributed by atoms with Gasteiger partial charge in [0.25, 0.3) is 0 Å². The van der Waals surface area contributed by atoms with Crippen molar-refractivity contribution in [3.8, 4) is 11.5 Å². The van der Waals surface area contributed by atoms with Gasteiger partial charge in [-0.3, -0.25) is 4.90 Å². The number of likely N-dealkylation sites (tertiary alicyclic amines) is 1. The summed E-state index contributed by atoms with van der Waals surface area (Å²) in [6, 6.07) is 21.1. The highest BCUT2D eigenvalue weighted by Gasteiger charge is 2.30. The Kier molecular flexibility index (Phi) is 8.34. The molecule has 8 heteroatoms. The molecule has 4 aromatic rings. The fourth-order valence-electron chi connectivity index (χ4n) is 5.23. The second kappa shape index (κ2) is 11.8. The number of aryl methyl sites for hydroxylation is 1. The summed E-state index contributed by atoms with van der Waals surface area (Å²) in [5.41, 5.74) is 4.21. The van der Waals surface area contributed by atoms with E-state index in [1.165, 1.54) is 24.1 Å². The predicted molar refractivity (Wildman–Crippen MR) is 160 cm³/mol. The van der Waals surface area contributed by atoms with Crippen molar-refractivity contribution in [3.05, 3.63) is 95.3 Å². The van der Waals surface area contributed by atoms with Crippen molar-refractivity contribution in [2.75, 3.05) is 25.0 Å². The average Bonchev–Trinajstić information content (AvgIpc) is 3.39. The number of benzene rings is 3. The summed E-state index contributed by atoms with van der Waals surface area (Å²) in [6.45, 7) is 11.0. The van der Waals surface area contributed by atoms with Crippen LogP contribution in [0.25, 0.3) is 11.5 Å². The summed E-state index contributed by atoms with van der Waals surface area (Å²) in [5.74, 6) is -0.222. The first-order valence-corrected chi connectivity index (χ1v) is 15.7. The Morgan fingerprint density at radius 1 is 0.927 bits per heavy atom. The van der Waals surface area contributed by atoms with Gasteiger partial charge in [-0.15, -0.1) is 0 Å². The smallest absolute Gasteiger partial charge is 0.233 e. The van der Waals surface area contributed by atoms with Crippen LogP contribution in [0.5, 0.6) is 0 Å². The zero-order valence-electron chi connectivity index (χ0n) is 24.2. The Balaban J connectivity index is 1.51. The lowest BCUT2D eigenvalue weighted by molar-refractivity contribution is 0.170. The molecule has 1 aliphatic heterocycles. The van der Waals surface area contributed by atoms with Crippen LogP contribution >= 0.6 is 0 Å². The molecule has 2 heterocycles. The monoisotopic (exact) mass is 575 g/mol. The first-order valence-electron chi connectivity index (χ1n) is 14.2. The molecule has 1 saturated heterocycles. The number of anilines is 1. The third-order valence-electron chi connectivity index (χ3n) is 7.72. The van der Waals surface area contributed by atoms with E-state index in [1.54, 1.807) is 0 Å². The molecule has 0 spiro atoms. The predicted octanol–water partition coefficient (Wildman–Crippen LogP) is 7.56. The Labute approximate surface area is 242 Å². The van der Waals surface area contributed by atoms with Gasteiger partial charge in [-0.25, -0.2) is 12.8 Å². The van der Waals surface area contributed by atoms with Gasteiger partial charge in [-0.05, 0) is 85.8 Å². The average molecular weight is 576 g/mol. The lowest BCUT2D eigenvalue weighted by Crippen LogP contribution is -2.37. The Morgan fingerprint density at radius 3 is 2.17 bits per heavy atom. The quantitative estimate of drug-likeness (QED) is 0.219. The number of halogens is 1. The fraction of sp³-hybridized carbons (Fsp3) is 0.364. The molecule has 216 valence electrons. The fourth-order valence-corrected chi connectivity index (χ4v) is 6.51. The van der Waals surface area contributed by atoms with Gasteiger partial charge in [0.1, 0.15) is 5.82 Å². The number of hydrogen-bond acceptors (Lipinski definition) is 6. The molecule has 0 radical (unpaired) electrons. The summed E-state index contributed by atoms with van der Waals surface area (Å²) in [6.07, 6.45) is 3.46. The van der Waals surface area contributed by atoms with Gasteiger partial charge in [0, 0.05) is 12.1 Å². The van der Waals surface area contributed by atoms with Crippen LogP contribution in [-0.2, 0) is 15.3 Å². The molecule has 1 atom stereocenters. The molecule has 0 amide bonds. The molecule has 5 rings (SSSR count). The van der Waals surface area contributed by atoms with Crippen molar-refractivity contribution < 1.29 is 17.2 Å². The van der Waals surface area contributed by atoms with E-state index in [0.29, 0.717) is 12.1 Å². The van der Waals surface area contributed by atoms with Gasteiger partial charge in [-0.1, -0.05) is 69.2 Å². The van der Waals surface area contributed by atoms with Crippen LogP contribution in [0.3, 0.4) is 0 Å². The molecule has 41 heavy (non-hydrogen) atoms. The minimum Gasteiger partial charge on any atom is -0.419 e. The van der Waals surface area contributed by atoms with Gasteiger partial charge in [0.15, 0.2) is 0 Å². The van der Waals surface area contributed by atoms with E-state index < -0.39 is 15.7 Å². The Hall–Kier alpha value is -3.49. The highest BCUT2D eigenvalue weighted by molar-refractivity contribution is 7.91. The van der Waals surface area contributed by atoms with Gasteiger partial charge in [0.05, 0.1) is 10.9 Å². The van der Waals surface area contributed by atoms with Crippen LogP contribution in [0.1, 0.15) is 62.8 Å². The number of nitrogens with zero attached hydrogens (tertiary/aromatic N) is 2. The molecular formula is C33H38FN3O3S. The largest absolute Gasteiger partial charge is 0.419 e. The second-order valence-electron chi connectivity index (χ2n) is 11.8. The summed E-state index contributed by atoms with van der Waals surface area (Å²) >= 11 is 0. The number of nitrogens with one attached hydrogen (secondary N) is 1. The number of oxazole rings is 1. The normalized spacial score (nSPS) is 15.5. The lowest BCUT2D eigenvalue weighted by Gasteiger charge is -2.35. The highest BCUT2D eigenvalue weighted by Crippen LogP contribution is 2.34. The molecule has 1 fully saturated rings. The van der Waals surface area contributed by atoms with E-state index in [0.717, 1.165) is 49.2 Å². The van der Waals surface area contributed by atoms with Gasteiger partial charge in [0.2, 0.25) is 26.6 Å². The van der Waals surface area contributed by atoms with E-state index in [4.69, 9.17) is 4.42 Å². The van der Waals surface area contributed by atoms with Crippen molar-refractivity contribution in [1.29, 1.82) is 0 Å². The van der Waals surface area contributed by atoms with Crippen molar-refractivity contribution in [2.24, 2.45) is 0 Å². The van der Waals surface area contributed by atoms with Crippen LogP contribution < -0.4 is 5.32 Å². The van der Waals surface area contributed by atoms with Crippen molar-refractivity contribution in [1.82, 2.24) is 9.88 Å². The Morgan fingerprint density at radius 2 is 1.56 bits per heavy atom. The molecule has 1 N–H and O–H groups in total. The molecule has 1 unspecified atom stereocenters. The van der Waals surface area contributed by atoms with Gasteiger partial charge in [-0.2, -0.15) is 4.98 Å². The molecule has 1 aromatic heterocycles. The first kappa shape index (κ1) is 29.0. The van der Waals surface area contributed by atoms with Gasteiger partial charge < -0.3 is 9.73 Å². The second-order valence-corrected chi connectivity index (χ2v) is 13.7. The third-order valence-corrected chi connectivity index (χ3v) is 9.40. The topological polar surface area (TPSA) is 75.4 Å². The van der Waals surface area contributed by atoms with E-state index >= 15 is 0 Å². The van der Waals surface area contributed by atoms with Crippen LogP contribution in [0.15, 0.2) is 87.1 Å². The zero-order valence-corrected chi connectivity index (χ0v) is 25.0. The van der Waals surface area contributed by atoms with Crippen LogP contribution in [0.2, 0.25) is 0 Å². The summed E-state index contributed by atoms with van der Waals surface area (Å²) < 4.78 is 47.2. The zero-order chi connectivity index (χ0) is 29.2. The molecule has 0 bridgehead atoms. The van der Waals surface area contributed by atoms with Crippen molar-refractivity contribution >= 4 is 15.7 Å².